The van der Waals surface area contributed by atoms with Crippen LogP contribution in [0.4, 0.5) is 0 Å². The number of carbonyl (C=O) groups is 1. The van der Waals surface area contributed by atoms with Crippen molar-refractivity contribution in [3.63, 3.8) is 0 Å². The molecule has 1 fully saturated rings. The first-order valence-corrected chi connectivity index (χ1v) is 12.4. The number of aromatic nitrogens is 4. The van der Waals surface area contributed by atoms with Crippen molar-refractivity contribution in [2.75, 3.05) is 0 Å². The van der Waals surface area contributed by atoms with Crippen LogP contribution < -0.4 is 0 Å². The summed E-state index contributed by atoms with van der Waals surface area (Å²) in [6.07, 6.45) is 4.12. The molecule has 6 heteroatoms. The molecule has 0 amide bonds. The summed E-state index contributed by atoms with van der Waals surface area (Å²) in [7, 11) is 0. The number of para-hydroxylation sites is 1. The van der Waals surface area contributed by atoms with E-state index in [1.54, 1.807) is 0 Å². The van der Waals surface area contributed by atoms with Crippen molar-refractivity contribution in [3.05, 3.63) is 114 Å². The molecule has 1 saturated carbocycles. The highest BCUT2D eigenvalue weighted by molar-refractivity contribution is 8.00. The monoisotopic (exact) mass is 464 g/mol. The van der Waals surface area contributed by atoms with Gasteiger partial charge in [0.1, 0.15) is 11.1 Å². The predicted octanol–water partition coefficient (Wildman–Crippen LogP) is 6.40. The number of carbonyl (C=O) groups excluding carboxylic acids is 1. The molecule has 1 aliphatic carbocycles. The lowest BCUT2D eigenvalue weighted by molar-refractivity contribution is 0.0991. The second-order valence-corrected chi connectivity index (χ2v) is 9.78. The van der Waals surface area contributed by atoms with Crippen LogP contribution >= 0.6 is 11.8 Å². The fourth-order valence-corrected chi connectivity index (χ4v) is 5.48. The van der Waals surface area contributed by atoms with E-state index in [1.807, 2.05) is 66.9 Å². The summed E-state index contributed by atoms with van der Waals surface area (Å²) in [6.45, 7) is 0.699. The molecule has 34 heavy (non-hydrogen) atoms. The normalized spacial score (nSPS) is 14.4. The summed E-state index contributed by atoms with van der Waals surface area (Å²) >= 11 is 1.49. The molecule has 1 aliphatic rings. The maximum atomic E-state index is 13.9. The Morgan fingerprint density at radius 2 is 1.65 bits per heavy atom. The zero-order chi connectivity index (χ0) is 22.9. The number of nitrogens with one attached hydrogen (secondary N) is 1. The Hall–Kier alpha value is -3.64. The number of H-pyrrole nitrogens is 1. The maximum Gasteiger partial charge on any atom is 0.192 e. The quantitative estimate of drug-likeness (QED) is 0.213. The van der Waals surface area contributed by atoms with Gasteiger partial charge in [0.2, 0.25) is 0 Å². The van der Waals surface area contributed by atoms with Crippen LogP contribution in [-0.2, 0) is 6.54 Å². The number of hydrogen-bond acceptors (Lipinski definition) is 4. The summed E-state index contributed by atoms with van der Waals surface area (Å²) in [5.74, 6) is 1.55. The zero-order valence-corrected chi connectivity index (χ0v) is 19.4. The molecule has 1 N–H and O–H groups in total. The fourth-order valence-electron chi connectivity index (χ4n) is 4.37. The largest absolute Gasteiger partial charge is 0.360 e. The van der Waals surface area contributed by atoms with Crippen LogP contribution in [0, 0.1) is 0 Å². The molecule has 2 aromatic heterocycles. The van der Waals surface area contributed by atoms with Gasteiger partial charge in [-0.3, -0.25) is 4.79 Å². The van der Waals surface area contributed by atoms with E-state index in [0.29, 0.717) is 18.0 Å². The van der Waals surface area contributed by atoms with Crippen LogP contribution in [0.5, 0.6) is 0 Å². The molecule has 5 aromatic rings. The molecule has 0 radical (unpaired) electrons. The molecule has 0 spiro atoms. The first-order chi connectivity index (χ1) is 16.8. The molecular formula is C28H24N4OS. The molecule has 3 aromatic carbocycles. The van der Waals surface area contributed by atoms with Crippen LogP contribution in [0.15, 0.2) is 96.3 Å². The molecule has 2 heterocycles. The molecule has 6 rings (SSSR count). The van der Waals surface area contributed by atoms with Crippen LogP contribution in [0.2, 0.25) is 0 Å². The van der Waals surface area contributed by atoms with Crippen molar-refractivity contribution < 1.29 is 4.79 Å². The second-order valence-electron chi connectivity index (χ2n) is 8.71. The predicted molar refractivity (Wildman–Crippen MR) is 135 cm³/mol. The van der Waals surface area contributed by atoms with E-state index in [1.165, 1.54) is 17.3 Å². The Labute approximate surface area is 202 Å². The molecule has 5 nitrogen and oxygen atoms in total. The number of thioether (sulfide) groups is 1. The topological polar surface area (TPSA) is 63.6 Å². The fraction of sp³-hybridized carbons (Fsp3) is 0.179. The van der Waals surface area contributed by atoms with Gasteiger partial charge in [-0.1, -0.05) is 90.6 Å². The first kappa shape index (κ1) is 20.9. The summed E-state index contributed by atoms with van der Waals surface area (Å²) in [6, 6.07) is 28.3. The van der Waals surface area contributed by atoms with E-state index in [-0.39, 0.29) is 5.78 Å². The van der Waals surface area contributed by atoms with Crippen LogP contribution in [-0.4, -0.2) is 25.5 Å². The van der Waals surface area contributed by atoms with Gasteiger partial charge < -0.3 is 9.55 Å². The Kier molecular flexibility index (Phi) is 5.51. The highest BCUT2D eigenvalue weighted by atomic mass is 32.2. The van der Waals surface area contributed by atoms with Gasteiger partial charge in [0.15, 0.2) is 10.9 Å². The zero-order valence-electron chi connectivity index (χ0n) is 18.6. The van der Waals surface area contributed by atoms with Crippen molar-refractivity contribution in [2.45, 2.75) is 35.7 Å². The van der Waals surface area contributed by atoms with E-state index in [0.717, 1.165) is 40.3 Å². The lowest BCUT2D eigenvalue weighted by Gasteiger charge is -2.17. The van der Waals surface area contributed by atoms with Crippen LogP contribution in [0.25, 0.3) is 10.9 Å². The highest BCUT2D eigenvalue weighted by Gasteiger charge is 2.33. The van der Waals surface area contributed by atoms with Gasteiger partial charge in [-0.25, -0.2) is 0 Å². The first-order valence-electron chi connectivity index (χ1n) is 11.6. The number of Topliss-reactive ketones (excluding diaryl/α,β-unsaturated/α-hetero) is 1. The van der Waals surface area contributed by atoms with E-state index in [4.69, 9.17) is 0 Å². The van der Waals surface area contributed by atoms with Gasteiger partial charge in [-0.15, -0.1) is 10.2 Å². The Morgan fingerprint density at radius 1 is 0.941 bits per heavy atom. The van der Waals surface area contributed by atoms with Crippen molar-refractivity contribution >= 4 is 28.4 Å². The van der Waals surface area contributed by atoms with E-state index >= 15 is 0 Å². The standard InChI is InChI=1S/C28H24N4OS/c33-25(23-17-29-24-14-8-7-13-22(23)24)26(20-11-5-2-6-12-20)34-28-31-30-27(21-15-16-21)32(28)18-19-9-3-1-4-10-19/h1-14,17,21,26,29H,15-16,18H2/t26-/m0/s1. The number of ketones is 1. The second kappa shape index (κ2) is 8.95. The number of fused-ring (bicyclic) bond motifs is 1. The average Bonchev–Trinajstić information content (AvgIpc) is 3.52. The maximum absolute atomic E-state index is 13.9. The van der Waals surface area contributed by atoms with Crippen molar-refractivity contribution in [2.24, 2.45) is 0 Å². The number of rotatable bonds is 8. The minimum absolute atomic E-state index is 0.0656. The van der Waals surface area contributed by atoms with Crippen LogP contribution in [0.1, 0.15) is 51.3 Å². The van der Waals surface area contributed by atoms with E-state index in [9.17, 15) is 4.79 Å². The molecule has 0 aliphatic heterocycles. The highest BCUT2D eigenvalue weighted by Crippen LogP contribution is 2.43. The van der Waals surface area contributed by atoms with E-state index < -0.39 is 5.25 Å². The van der Waals surface area contributed by atoms with Crippen molar-refractivity contribution in [1.82, 2.24) is 19.7 Å². The minimum atomic E-state index is -0.425. The molecule has 0 bridgehead atoms. The summed E-state index contributed by atoms with van der Waals surface area (Å²) in [5.41, 5.74) is 3.83. The molecular weight excluding hydrogens is 440 g/mol. The van der Waals surface area contributed by atoms with Crippen molar-refractivity contribution in [3.8, 4) is 0 Å². The third kappa shape index (κ3) is 4.05. The number of benzene rings is 3. The molecule has 0 saturated heterocycles. The average molecular weight is 465 g/mol. The van der Waals surface area contributed by atoms with Gasteiger partial charge in [-0.05, 0) is 30.0 Å². The van der Waals surface area contributed by atoms with Crippen molar-refractivity contribution in [1.29, 1.82) is 0 Å². The van der Waals surface area contributed by atoms with Gasteiger partial charge in [0.05, 0.1) is 6.54 Å². The number of nitrogens with zero attached hydrogens (tertiary/aromatic N) is 3. The third-order valence-corrected chi connectivity index (χ3v) is 7.52. The Morgan fingerprint density at radius 3 is 2.41 bits per heavy atom. The van der Waals surface area contributed by atoms with Gasteiger partial charge in [0.25, 0.3) is 0 Å². The Balaban J connectivity index is 1.40. The van der Waals surface area contributed by atoms with Gasteiger partial charge in [0, 0.05) is 28.6 Å². The van der Waals surface area contributed by atoms with Gasteiger partial charge >= 0.3 is 0 Å². The Bertz CT molecular complexity index is 1440. The minimum Gasteiger partial charge on any atom is -0.360 e. The summed E-state index contributed by atoms with van der Waals surface area (Å²) in [5, 5.41) is 10.5. The number of aromatic amines is 1. The summed E-state index contributed by atoms with van der Waals surface area (Å²) < 4.78 is 2.20. The number of hydrogen-bond donors (Lipinski definition) is 1. The van der Waals surface area contributed by atoms with E-state index in [2.05, 4.69) is 44.0 Å². The molecule has 0 unspecified atom stereocenters. The third-order valence-electron chi connectivity index (χ3n) is 6.29. The molecule has 1 atom stereocenters. The lowest BCUT2D eigenvalue weighted by Crippen LogP contribution is -2.12. The smallest absolute Gasteiger partial charge is 0.192 e. The van der Waals surface area contributed by atoms with Gasteiger partial charge in [-0.2, -0.15) is 0 Å². The lowest BCUT2D eigenvalue weighted by atomic mass is 10.0. The SMILES string of the molecule is O=C(c1c[nH]c2ccccc12)[C@@H](Sc1nnc(C2CC2)n1Cc1ccccc1)c1ccccc1. The molecule has 168 valence electrons. The van der Waals surface area contributed by atoms with Crippen LogP contribution in [0.3, 0.4) is 0 Å². The summed E-state index contributed by atoms with van der Waals surface area (Å²) in [4.78, 5) is 17.2.